The summed E-state index contributed by atoms with van der Waals surface area (Å²) in [5, 5.41) is 0. The monoisotopic (exact) mass is 243 g/mol. The highest BCUT2D eigenvalue weighted by Crippen LogP contribution is 2.35. The van der Waals surface area contributed by atoms with Crippen LogP contribution in [0.25, 0.3) is 0 Å². The van der Waals surface area contributed by atoms with E-state index in [9.17, 15) is 4.79 Å². The number of alkyl halides is 1. The zero-order valence-electron chi connectivity index (χ0n) is 9.96. The SMILES string of the molecule is O=C(CCCCl)N1CCC[C@H]2CCCC[C@H]21. The van der Waals surface area contributed by atoms with E-state index in [4.69, 9.17) is 11.6 Å². The number of amides is 1. The fraction of sp³-hybridized carbons (Fsp3) is 0.923. The summed E-state index contributed by atoms with van der Waals surface area (Å²) in [5.74, 6) is 1.74. The molecule has 0 aromatic carbocycles. The number of fused-ring (bicyclic) bond motifs is 1. The third-order valence-corrected chi connectivity index (χ3v) is 4.36. The lowest BCUT2D eigenvalue weighted by atomic mass is 9.78. The molecule has 2 nitrogen and oxygen atoms in total. The maximum Gasteiger partial charge on any atom is 0.222 e. The largest absolute Gasteiger partial charge is 0.339 e. The molecule has 2 fully saturated rings. The summed E-state index contributed by atoms with van der Waals surface area (Å²) < 4.78 is 0. The second-order valence-electron chi connectivity index (χ2n) is 5.13. The van der Waals surface area contributed by atoms with Crippen LogP contribution >= 0.6 is 11.6 Å². The quantitative estimate of drug-likeness (QED) is 0.698. The minimum absolute atomic E-state index is 0.345. The molecule has 1 aliphatic heterocycles. The summed E-state index contributed by atoms with van der Waals surface area (Å²) in [6.07, 6.45) is 9.26. The molecule has 1 aliphatic carbocycles. The Labute approximate surface area is 103 Å². The number of piperidine rings is 1. The first-order chi connectivity index (χ1) is 7.83. The second-order valence-corrected chi connectivity index (χ2v) is 5.51. The molecule has 0 unspecified atom stereocenters. The molecule has 3 heteroatoms. The molecule has 2 atom stereocenters. The van der Waals surface area contributed by atoms with Gasteiger partial charge in [-0.25, -0.2) is 0 Å². The third-order valence-electron chi connectivity index (χ3n) is 4.09. The van der Waals surface area contributed by atoms with Crippen LogP contribution in [0.2, 0.25) is 0 Å². The van der Waals surface area contributed by atoms with E-state index in [-0.39, 0.29) is 0 Å². The van der Waals surface area contributed by atoms with Crippen molar-refractivity contribution in [3.63, 3.8) is 0 Å². The first-order valence-corrected chi connectivity index (χ1v) is 7.22. The van der Waals surface area contributed by atoms with E-state index in [0.717, 1.165) is 18.9 Å². The Hall–Kier alpha value is -0.240. The molecule has 0 aromatic rings. The normalized spacial score (nSPS) is 29.9. The van der Waals surface area contributed by atoms with Crippen molar-refractivity contribution in [3.05, 3.63) is 0 Å². The number of hydrogen-bond donors (Lipinski definition) is 0. The van der Waals surface area contributed by atoms with Gasteiger partial charge in [0.05, 0.1) is 0 Å². The van der Waals surface area contributed by atoms with Gasteiger partial charge in [0.2, 0.25) is 5.91 Å². The number of halogens is 1. The van der Waals surface area contributed by atoms with Crippen LogP contribution in [0, 0.1) is 5.92 Å². The van der Waals surface area contributed by atoms with Crippen LogP contribution in [0.3, 0.4) is 0 Å². The second kappa shape index (κ2) is 5.90. The minimum atomic E-state index is 0.345. The molecule has 0 N–H and O–H groups in total. The lowest BCUT2D eigenvalue weighted by Gasteiger charge is -2.44. The molecule has 1 heterocycles. The van der Waals surface area contributed by atoms with Crippen LogP contribution < -0.4 is 0 Å². The maximum atomic E-state index is 12.1. The Bertz CT molecular complexity index is 242. The molecule has 2 aliphatic rings. The van der Waals surface area contributed by atoms with E-state index in [1.807, 2.05) is 0 Å². The van der Waals surface area contributed by atoms with Crippen LogP contribution in [0.1, 0.15) is 51.4 Å². The highest BCUT2D eigenvalue weighted by Gasteiger charge is 2.35. The van der Waals surface area contributed by atoms with Crippen LogP contribution in [0.5, 0.6) is 0 Å². The molecular formula is C13H22ClNO. The molecule has 1 saturated heterocycles. The molecule has 2 rings (SSSR count). The number of likely N-dealkylation sites (tertiary alicyclic amines) is 1. The molecule has 16 heavy (non-hydrogen) atoms. The summed E-state index contributed by atoms with van der Waals surface area (Å²) in [6.45, 7) is 0.988. The number of carbonyl (C=O) groups is 1. The van der Waals surface area contributed by atoms with Crippen molar-refractivity contribution in [2.45, 2.75) is 57.4 Å². The Morgan fingerprint density at radius 2 is 1.94 bits per heavy atom. The maximum absolute atomic E-state index is 12.1. The summed E-state index contributed by atoms with van der Waals surface area (Å²) in [5.41, 5.74) is 0. The highest BCUT2D eigenvalue weighted by molar-refractivity contribution is 6.17. The van der Waals surface area contributed by atoms with Crippen LogP contribution in [0.15, 0.2) is 0 Å². The van der Waals surface area contributed by atoms with Crippen LogP contribution in [0.4, 0.5) is 0 Å². The molecule has 0 radical (unpaired) electrons. The van der Waals surface area contributed by atoms with E-state index >= 15 is 0 Å². The van der Waals surface area contributed by atoms with Gasteiger partial charge >= 0.3 is 0 Å². The number of carbonyl (C=O) groups excluding carboxylic acids is 1. The molecule has 1 amide bonds. The standard InChI is InChI=1S/C13H22ClNO/c14-9-3-8-13(16)15-10-4-6-11-5-1-2-7-12(11)15/h11-12H,1-10H2/t11-,12-/m1/s1. The summed E-state index contributed by atoms with van der Waals surface area (Å²) in [4.78, 5) is 14.2. The Morgan fingerprint density at radius 3 is 2.75 bits per heavy atom. The zero-order valence-corrected chi connectivity index (χ0v) is 10.7. The average Bonchev–Trinajstić information content (AvgIpc) is 2.35. The van der Waals surface area contributed by atoms with Gasteiger partial charge in [-0.3, -0.25) is 4.79 Å². The van der Waals surface area contributed by atoms with Gasteiger partial charge in [0.15, 0.2) is 0 Å². The smallest absolute Gasteiger partial charge is 0.222 e. The van der Waals surface area contributed by atoms with Gasteiger partial charge in [0.1, 0.15) is 0 Å². The van der Waals surface area contributed by atoms with Crippen molar-refractivity contribution < 1.29 is 4.79 Å². The minimum Gasteiger partial charge on any atom is -0.339 e. The summed E-state index contributed by atoms with van der Waals surface area (Å²) >= 11 is 5.65. The topological polar surface area (TPSA) is 20.3 Å². The predicted molar refractivity (Wildman–Crippen MR) is 66.6 cm³/mol. The number of nitrogens with zero attached hydrogens (tertiary/aromatic N) is 1. The Balaban J connectivity index is 1.93. The Morgan fingerprint density at radius 1 is 1.19 bits per heavy atom. The molecule has 0 aromatic heterocycles. The summed E-state index contributed by atoms with van der Waals surface area (Å²) in [7, 11) is 0. The van der Waals surface area contributed by atoms with Crippen molar-refractivity contribution in [2.24, 2.45) is 5.92 Å². The van der Waals surface area contributed by atoms with Gasteiger partial charge in [0, 0.05) is 24.9 Å². The summed E-state index contributed by atoms with van der Waals surface area (Å²) in [6, 6.07) is 0.560. The van der Waals surface area contributed by atoms with Crippen LogP contribution in [-0.4, -0.2) is 29.3 Å². The molecular weight excluding hydrogens is 222 g/mol. The molecule has 0 bridgehead atoms. The van der Waals surface area contributed by atoms with E-state index in [1.54, 1.807) is 0 Å². The van der Waals surface area contributed by atoms with Crippen molar-refractivity contribution in [1.29, 1.82) is 0 Å². The third kappa shape index (κ3) is 2.71. The highest BCUT2D eigenvalue weighted by atomic mass is 35.5. The fourth-order valence-corrected chi connectivity index (χ4v) is 3.43. The number of rotatable bonds is 3. The fourth-order valence-electron chi connectivity index (χ4n) is 3.30. The van der Waals surface area contributed by atoms with Crippen molar-refractivity contribution in [2.75, 3.05) is 12.4 Å². The van der Waals surface area contributed by atoms with Crippen molar-refractivity contribution >= 4 is 17.5 Å². The average molecular weight is 244 g/mol. The first kappa shape index (κ1) is 12.2. The van der Waals surface area contributed by atoms with Gasteiger partial charge in [-0.15, -0.1) is 11.6 Å². The van der Waals surface area contributed by atoms with Gasteiger partial charge in [-0.2, -0.15) is 0 Å². The van der Waals surface area contributed by atoms with Crippen molar-refractivity contribution in [3.8, 4) is 0 Å². The van der Waals surface area contributed by atoms with Crippen molar-refractivity contribution in [1.82, 2.24) is 4.90 Å². The van der Waals surface area contributed by atoms with Gasteiger partial charge < -0.3 is 4.90 Å². The van der Waals surface area contributed by atoms with E-state index < -0.39 is 0 Å². The molecule has 1 saturated carbocycles. The first-order valence-electron chi connectivity index (χ1n) is 6.68. The zero-order chi connectivity index (χ0) is 11.4. The Kier molecular flexibility index (Phi) is 4.51. The lowest BCUT2D eigenvalue weighted by molar-refractivity contribution is -0.137. The van der Waals surface area contributed by atoms with E-state index in [2.05, 4.69) is 4.90 Å². The van der Waals surface area contributed by atoms with E-state index in [1.165, 1.54) is 38.5 Å². The lowest BCUT2D eigenvalue weighted by Crippen LogP contribution is -2.49. The molecule has 92 valence electrons. The van der Waals surface area contributed by atoms with E-state index in [0.29, 0.717) is 24.2 Å². The predicted octanol–water partition coefficient (Wildman–Crippen LogP) is 3.19. The van der Waals surface area contributed by atoms with Gasteiger partial charge in [-0.1, -0.05) is 12.8 Å². The number of hydrogen-bond acceptors (Lipinski definition) is 1. The van der Waals surface area contributed by atoms with Gasteiger partial charge in [-0.05, 0) is 38.0 Å². The van der Waals surface area contributed by atoms with Crippen LogP contribution in [-0.2, 0) is 4.79 Å². The van der Waals surface area contributed by atoms with Gasteiger partial charge in [0.25, 0.3) is 0 Å². The molecule has 0 spiro atoms.